The molecule has 1 aromatic carbocycles. The molecule has 1 amide bonds. The number of carbonyl (C=O) groups excluding carboxylic acids is 1. The van der Waals surface area contributed by atoms with Gasteiger partial charge in [-0.2, -0.15) is 0 Å². The van der Waals surface area contributed by atoms with Gasteiger partial charge in [-0.15, -0.1) is 0 Å². The standard InChI is InChI=1S/C18H28N2O2/c1-11(2)16(21)8-9-19-12(3)13-6-7-15-14(10-13)18(4,5)17(22)20-15/h6-7,10-12,16,19,21H,8-9H2,1-5H3,(H,20,22). The first-order valence-electron chi connectivity index (χ1n) is 8.10. The summed E-state index contributed by atoms with van der Waals surface area (Å²) in [7, 11) is 0. The third-order valence-electron chi connectivity index (χ3n) is 4.69. The molecule has 4 nitrogen and oxygen atoms in total. The van der Waals surface area contributed by atoms with Gasteiger partial charge in [0.2, 0.25) is 5.91 Å². The van der Waals surface area contributed by atoms with Crippen LogP contribution in [0.25, 0.3) is 0 Å². The topological polar surface area (TPSA) is 61.4 Å². The molecule has 0 radical (unpaired) electrons. The summed E-state index contributed by atoms with van der Waals surface area (Å²) in [4.78, 5) is 12.0. The van der Waals surface area contributed by atoms with Crippen LogP contribution in [0.3, 0.4) is 0 Å². The molecule has 3 N–H and O–H groups in total. The monoisotopic (exact) mass is 304 g/mol. The van der Waals surface area contributed by atoms with Crippen molar-refractivity contribution in [1.82, 2.24) is 5.32 Å². The molecular weight excluding hydrogens is 276 g/mol. The van der Waals surface area contributed by atoms with Crippen LogP contribution in [0.5, 0.6) is 0 Å². The number of aliphatic hydroxyl groups excluding tert-OH is 1. The molecular formula is C18H28N2O2. The number of rotatable bonds is 6. The van der Waals surface area contributed by atoms with E-state index in [2.05, 4.69) is 29.7 Å². The lowest BCUT2D eigenvalue weighted by molar-refractivity contribution is -0.119. The molecule has 2 rings (SSSR count). The second-order valence-corrected chi connectivity index (χ2v) is 7.16. The molecule has 0 spiro atoms. The Kier molecular flexibility index (Phi) is 4.93. The van der Waals surface area contributed by atoms with Gasteiger partial charge in [0.25, 0.3) is 0 Å². The zero-order valence-corrected chi connectivity index (χ0v) is 14.2. The SMILES string of the molecule is CC(NCCC(O)C(C)C)c1ccc2c(c1)C(C)(C)C(=O)N2. The van der Waals surface area contributed by atoms with E-state index in [1.165, 1.54) is 5.56 Å². The Morgan fingerprint density at radius 3 is 2.59 bits per heavy atom. The molecule has 2 atom stereocenters. The van der Waals surface area contributed by atoms with Gasteiger partial charge >= 0.3 is 0 Å². The number of benzene rings is 1. The molecule has 22 heavy (non-hydrogen) atoms. The van der Waals surface area contributed by atoms with Crippen molar-refractivity contribution in [2.75, 3.05) is 11.9 Å². The molecule has 0 saturated heterocycles. The van der Waals surface area contributed by atoms with E-state index in [0.717, 1.165) is 24.2 Å². The first kappa shape index (κ1) is 17.0. The van der Waals surface area contributed by atoms with Crippen molar-refractivity contribution in [2.45, 2.75) is 58.6 Å². The minimum atomic E-state index is -0.473. The van der Waals surface area contributed by atoms with E-state index in [1.54, 1.807) is 0 Å². The van der Waals surface area contributed by atoms with E-state index >= 15 is 0 Å². The Morgan fingerprint density at radius 2 is 1.95 bits per heavy atom. The molecule has 0 aromatic heterocycles. The molecule has 1 aliphatic heterocycles. The predicted molar refractivity (Wildman–Crippen MR) is 90.0 cm³/mol. The van der Waals surface area contributed by atoms with Gasteiger partial charge in [-0.05, 0) is 56.8 Å². The summed E-state index contributed by atoms with van der Waals surface area (Å²) in [5.74, 6) is 0.343. The summed E-state index contributed by atoms with van der Waals surface area (Å²) in [6, 6.07) is 6.34. The molecule has 0 bridgehead atoms. The quantitative estimate of drug-likeness (QED) is 0.757. The van der Waals surface area contributed by atoms with E-state index in [0.29, 0.717) is 0 Å². The van der Waals surface area contributed by atoms with Gasteiger partial charge in [0.1, 0.15) is 0 Å². The normalized spacial score (nSPS) is 19.0. The number of anilines is 1. The lowest BCUT2D eigenvalue weighted by Gasteiger charge is -2.20. The fraction of sp³-hybridized carbons (Fsp3) is 0.611. The maximum absolute atomic E-state index is 12.0. The lowest BCUT2D eigenvalue weighted by atomic mass is 9.85. The summed E-state index contributed by atoms with van der Waals surface area (Å²) in [5.41, 5.74) is 2.67. The molecule has 4 heteroatoms. The van der Waals surface area contributed by atoms with Crippen molar-refractivity contribution in [3.63, 3.8) is 0 Å². The molecule has 0 fully saturated rings. The van der Waals surface area contributed by atoms with Crippen LogP contribution in [0.15, 0.2) is 18.2 Å². The minimum Gasteiger partial charge on any atom is -0.393 e. The number of nitrogens with one attached hydrogen (secondary N) is 2. The van der Waals surface area contributed by atoms with Crippen molar-refractivity contribution < 1.29 is 9.90 Å². The zero-order valence-electron chi connectivity index (χ0n) is 14.2. The highest BCUT2D eigenvalue weighted by molar-refractivity contribution is 6.05. The van der Waals surface area contributed by atoms with Crippen LogP contribution >= 0.6 is 0 Å². The molecule has 0 aliphatic carbocycles. The number of hydrogen-bond donors (Lipinski definition) is 3. The second-order valence-electron chi connectivity index (χ2n) is 7.16. The Morgan fingerprint density at radius 1 is 1.27 bits per heavy atom. The van der Waals surface area contributed by atoms with Crippen molar-refractivity contribution in [1.29, 1.82) is 0 Å². The number of hydrogen-bond acceptors (Lipinski definition) is 3. The summed E-state index contributed by atoms with van der Waals surface area (Å²) in [6.45, 7) is 10.9. The third kappa shape index (κ3) is 3.33. The van der Waals surface area contributed by atoms with E-state index < -0.39 is 5.41 Å². The highest BCUT2D eigenvalue weighted by atomic mass is 16.3. The fourth-order valence-corrected chi connectivity index (χ4v) is 2.76. The molecule has 2 unspecified atom stereocenters. The van der Waals surface area contributed by atoms with Gasteiger partial charge in [0.05, 0.1) is 11.5 Å². The summed E-state index contributed by atoms with van der Waals surface area (Å²) < 4.78 is 0. The Balaban J connectivity index is 2.02. The number of aliphatic hydroxyl groups is 1. The van der Waals surface area contributed by atoms with Gasteiger partial charge < -0.3 is 15.7 Å². The summed E-state index contributed by atoms with van der Waals surface area (Å²) in [6.07, 6.45) is 0.485. The van der Waals surface area contributed by atoms with Gasteiger partial charge in [-0.1, -0.05) is 26.0 Å². The van der Waals surface area contributed by atoms with Crippen LogP contribution in [0.2, 0.25) is 0 Å². The van der Waals surface area contributed by atoms with Gasteiger partial charge in [-0.25, -0.2) is 0 Å². The zero-order chi connectivity index (χ0) is 16.5. The van der Waals surface area contributed by atoms with Gasteiger partial charge in [0, 0.05) is 11.7 Å². The second kappa shape index (κ2) is 6.39. The number of fused-ring (bicyclic) bond motifs is 1. The largest absolute Gasteiger partial charge is 0.393 e. The fourth-order valence-electron chi connectivity index (χ4n) is 2.76. The van der Waals surface area contributed by atoms with Crippen LogP contribution in [0.4, 0.5) is 5.69 Å². The highest BCUT2D eigenvalue weighted by Gasteiger charge is 2.38. The van der Waals surface area contributed by atoms with Crippen molar-refractivity contribution in [2.24, 2.45) is 5.92 Å². The van der Waals surface area contributed by atoms with Crippen molar-refractivity contribution >= 4 is 11.6 Å². The predicted octanol–water partition coefficient (Wildman–Crippen LogP) is 2.97. The third-order valence-corrected chi connectivity index (χ3v) is 4.69. The van der Waals surface area contributed by atoms with E-state index in [-0.39, 0.29) is 24.0 Å². The van der Waals surface area contributed by atoms with Crippen LogP contribution in [-0.2, 0) is 10.2 Å². The maximum atomic E-state index is 12.0. The summed E-state index contributed by atoms with van der Waals surface area (Å²) in [5, 5.41) is 16.2. The summed E-state index contributed by atoms with van der Waals surface area (Å²) >= 11 is 0. The van der Waals surface area contributed by atoms with Crippen LogP contribution < -0.4 is 10.6 Å². The number of carbonyl (C=O) groups is 1. The lowest BCUT2D eigenvalue weighted by Crippen LogP contribution is -2.27. The van der Waals surface area contributed by atoms with E-state index in [1.807, 2.05) is 33.8 Å². The van der Waals surface area contributed by atoms with Gasteiger partial charge in [-0.3, -0.25) is 4.79 Å². The average Bonchev–Trinajstić information content (AvgIpc) is 2.68. The Bertz CT molecular complexity index is 552. The molecule has 1 heterocycles. The first-order chi connectivity index (χ1) is 10.2. The Labute approximate surface area is 133 Å². The molecule has 1 aromatic rings. The maximum Gasteiger partial charge on any atom is 0.234 e. The molecule has 0 saturated carbocycles. The van der Waals surface area contributed by atoms with E-state index in [4.69, 9.17) is 0 Å². The number of amides is 1. The average molecular weight is 304 g/mol. The first-order valence-corrected chi connectivity index (χ1v) is 8.10. The minimum absolute atomic E-state index is 0.0558. The molecule has 1 aliphatic rings. The van der Waals surface area contributed by atoms with Crippen molar-refractivity contribution in [3.8, 4) is 0 Å². The Hall–Kier alpha value is -1.39. The smallest absolute Gasteiger partial charge is 0.234 e. The highest BCUT2D eigenvalue weighted by Crippen LogP contribution is 2.38. The van der Waals surface area contributed by atoms with Crippen molar-refractivity contribution in [3.05, 3.63) is 29.3 Å². The molecule has 122 valence electrons. The van der Waals surface area contributed by atoms with Crippen LogP contribution in [0.1, 0.15) is 58.2 Å². The van der Waals surface area contributed by atoms with E-state index in [9.17, 15) is 9.90 Å². The van der Waals surface area contributed by atoms with Gasteiger partial charge in [0.15, 0.2) is 0 Å². The van der Waals surface area contributed by atoms with Crippen LogP contribution in [0, 0.1) is 5.92 Å². The van der Waals surface area contributed by atoms with Crippen LogP contribution in [-0.4, -0.2) is 23.7 Å².